The van der Waals surface area contributed by atoms with E-state index in [1.807, 2.05) is 36.4 Å². The Bertz CT molecular complexity index is 4030. The van der Waals surface area contributed by atoms with Crippen molar-refractivity contribution in [2.45, 2.75) is 0 Å². The molecule has 84 heavy (non-hydrogen) atoms. The minimum absolute atomic E-state index is 0.0692. The normalized spacial score (nSPS) is 11.5. The summed E-state index contributed by atoms with van der Waals surface area (Å²) in [5, 5.41) is 17.1. The Balaban J connectivity index is 0.000000168. The average molecular weight is 1240 g/mol. The third kappa shape index (κ3) is 17.2. The number of nitrogens with one attached hydrogen (secondary N) is 9. The van der Waals surface area contributed by atoms with Crippen molar-refractivity contribution < 1.29 is 24.0 Å². The van der Waals surface area contributed by atoms with Gasteiger partial charge in [-0.25, -0.2) is 0 Å². The van der Waals surface area contributed by atoms with Gasteiger partial charge in [-0.05, 0) is 97.1 Å². The van der Waals surface area contributed by atoms with Crippen LogP contribution in [0.15, 0.2) is 146 Å². The minimum Gasteiger partial charge on any atom is -0.370 e. The lowest BCUT2D eigenvalue weighted by Crippen LogP contribution is -2.36. The summed E-state index contributed by atoms with van der Waals surface area (Å²) in [6.07, 6.45) is 0. The highest BCUT2D eigenvalue weighted by Crippen LogP contribution is 2.26. The number of hydrogen-bond acceptors (Lipinski definition) is 9. The monoisotopic (exact) mass is 1240 g/mol. The maximum absolute atomic E-state index is 11.7. The Morgan fingerprint density at radius 3 is 1.26 bits per heavy atom. The lowest BCUT2D eigenvalue weighted by atomic mass is 10.2. The van der Waals surface area contributed by atoms with E-state index in [9.17, 15) is 24.0 Å². The van der Waals surface area contributed by atoms with Crippen molar-refractivity contribution in [3.63, 3.8) is 0 Å². The van der Waals surface area contributed by atoms with Gasteiger partial charge in [-0.1, -0.05) is 82.3 Å². The number of carbonyl (C=O) groups is 5. The molecule has 0 aliphatic rings. The Morgan fingerprint density at radius 2 is 0.774 bits per heavy atom. The Labute approximate surface area is 501 Å². The van der Waals surface area contributed by atoms with E-state index in [4.69, 9.17) is 92.4 Å². The second-order valence-corrected chi connectivity index (χ2v) is 19.2. The Kier molecular flexibility index (Phi) is 21.9. The van der Waals surface area contributed by atoms with E-state index >= 15 is 0 Å². The van der Waals surface area contributed by atoms with Crippen LogP contribution in [0.1, 0.15) is 52.4 Å². The van der Waals surface area contributed by atoms with E-state index in [-0.39, 0.29) is 53.4 Å². The number of guanidine groups is 5. The first kappa shape index (κ1) is 63.1. The van der Waals surface area contributed by atoms with Gasteiger partial charge in [0.15, 0.2) is 29.8 Å². The molecule has 5 amide bonds. The number of aliphatic imine (C=N–C) groups is 5. The summed E-state index contributed by atoms with van der Waals surface area (Å²) in [5.41, 5.74) is 37.8. The first-order valence-corrected chi connectivity index (χ1v) is 26.1. The van der Waals surface area contributed by atoms with Gasteiger partial charge >= 0.3 is 0 Å². The number of rotatable bonds is 5. The SMILES string of the molecule is CN=C(N)NC(=O)c1cc2c(Cl)cccc2[nH]1.CN=C(N)NC(=O)c1cc2cc(Cl)ccc2[nH]1.CN=C(N)NC(=O)c1cc2ccc(Cl)cc2[nH]1.CN=C(N)NC(=O)c1cc2cccc(Cl)c2[nH]1.NC(N)=NC(=O)c1cc2cc(Cl)ccc2[nH]1. The van der Waals surface area contributed by atoms with Gasteiger partial charge in [-0.15, -0.1) is 0 Å². The van der Waals surface area contributed by atoms with Crippen LogP contribution in [0.3, 0.4) is 0 Å². The summed E-state index contributed by atoms with van der Waals surface area (Å²) in [7, 11) is 6.00. The molecule has 0 bridgehead atoms. The van der Waals surface area contributed by atoms with Crippen molar-refractivity contribution in [2.75, 3.05) is 28.2 Å². The molecule has 0 atom stereocenters. The molecule has 25 nitrogen and oxygen atoms in total. The van der Waals surface area contributed by atoms with Crippen LogP contribution in [0.4, 0.5) is 0 Å². The molecule has 10 aromatic rings. The van der Waals surface area contributed by atoms with E-state index in [1.165, 1.54) is 28.2 Å². The van der Waals surface area contributed by atoms with Crippen molar-refractivity contribution in [3.8, 4) is 0 Å². The fourth-order valence-corrected chi connectivity index (χ4v) is 8.28. The molecule has 5 heterocycles. The molecule has 10 rings (SSSR count). The van der Waals surface area contributed by atoms with Gasteiger partial charge in [-0.3, -0.25) is 65.2 Å². The molecule has 0 saturated heterocycles. The molecule has 0 fully saturated rings. The number of aromatic nitrogens is 5. The molecule has 0 radical (unpaired) electrons. The highest BCUT2D eigenvalue weighted by molar-refractivity contribution is 6.36. The fraction of sp³-hybridized carbons (Fsp3) is 0.0741. The van der Waals surface area contributed by atoms with Crippen LogP contribution in [0.2, 0.25) is 25.1 Å². The zero-order chi connectivity index (χ0) is 61.4. The van der Waals surface area contributed by atoms with Crippen molar-refractivity contribution in [2.24, 2.45) is 59.4 Å². The minimum atomic E-state index is -0.507. The van der Waals surface area contributed by atoms with Gasteiger partial charge < -0.3 is 59.3 Å². The third-order valence-corrected chi connectivity index (χ3v) is 12.7. The molecular weight excluding hydrogens is 1190 g/mol. The van der Waals surface area contributed by atoms with Crippen LogP contribution in [-0.2, 0) is 0 Å². The molecule has 21 N–H and O–H groups in total. The summed E-state index contributed by atoms with van der Waals surface area (Å²) in [6.45, 7) is 0. The number of fused-ring (bicyclic) bond motifs is 5. The summed E-state index contributed by atoms with van der Waals surface area (Å²) >= 11 is 29.5. The summed E-state index contributed by atoms with van der Waals surface area (Å²) in [4.78, 5) is 91.2. The molecule has 30 heteroatoms. The molecule has 0 aliphatic heterocycles. The first-order valence-electron chi connectivity index (χ1n) is 24.2. The molecule has 5 aromatic heterocycles. The highest BCUT2D eigenvalue weighted by atomic mass is 35.5. The van der Waals surface area contributed by atoms with E-state index in [0.717, 1.165) is 54.5 Å². The van der Waals surface area contributed by atoms with Crippen LogP contribution in [-0.4, -0.2) is 112 Å². The zero-order valence-electron chi connectivity index (χ0n) is 44.7. The first-order chi connectivity index (χ1) is 40.0. The number of nitrogens with zero attached hydrogens (tertiary/aromatic N) is 5. The Hall–Kier alpha value is -10.1. The van der Waals surface area contributed by atoms with E-state index < -0.39 is 5.91 Å². The number of halogens is 5. The molecule has 5 aromatic carbocycles. The number of hydrogen-bond donors (Lipinski definition) is 15. The van der Waals surface area contributed by atoms with Crippen LogP contribution in [0.25, 0.3) is 54.5 Å². The van der Waals surface area contributed by atoms with Gasteiger partial charge in [0.1, 0.15) is 28.5 Å². The van der Waals surface area contributed by atoms with Crippen LogP contribution in [0.5, 0.6) is 0 Å². The molecule has 0 aliphatic carbocycles. The lowest BCUT2D eigenvalue weighted by Gasteiger charge is -2.00. The molecular formula is C54H53Cl5N20O5. The maximum atomic E-state index is 11.7. The highest BCUT2D eigenvalue weighted by Gasteiger charge is 2.15. The average Bonchev–Trinajstić information content (AvgIpc) is 4.38. The predicted molar refractivity (Wildman–Crippen MR) is 337 cm³/mol. The van der Waals surface area contributed by atoms with Crippen molar-refractivity contribution in [1.82, 2.24) is 46.2 Å². The second kappa shape index (κ2) is 29.1. The van der Waals surface area contributed by atoms with Crippen LogP contribution in [0, 0.1) is 0 Å². The summed E-state index contributed by atoms with van der Waals surface area (Å²) < 4.78 is 0. The van der Waals surface area contributed by atoms with E-state index in [0.29, 0.717) is 53.6 Å². The van der Waals surface area contributed by atoms with Gasteiger partial charge in [0.05, 0.1) is 10.5 Å². The molecule has 0 spiro atoms. The lowest BCUT2D eigenvalue weighted by molar-refractivity contribution is 0.0964. The van der Waals surface area contributed by atoms with Crippen molar-refractivity contribution >= 4 is 172 Å². The van der Waals surface area contributed by atoms with Gasteiger partial charge in [0, 0.05) is 97.3 Å². The largest absolute Gasteiger partial charge is 0.370 e. The van der Waals surface area contributed by atoms with E-state index in [2.05, 4.69) is 71.1 Å². The zero-order valence-corrected chi connectivity index (χ0v) is 48.5. The topological polar surface area (TPSA) is 430 Å². The summed E-state index contributed by atoms with van der Waals surface area (Å²) in [5.74, 6) is -1.84. The van der Waals surface area contributed by atoms with Crippen LogP contribution >= 0.6 is 58.0 Å². The quantitative estimate of drug-likeness (QED) is 0.0602. The molecule has 0 unspecified atom stereocenters. The third-order valence-electron chi connectivity index (χ3n) is 11.3. The number of benzene rings is 5. The predicted octanol–water partition coefficient (Wildman–Crippen LogP) is 7.22. The number of nitrogens with two attached hydrogens (primary N) is 6. The van der Waals surface area contributed by atoms with Crippen LogP contribution < -0.4 is 55.7 Å². The number of carbonyl (C=O) groups excluding carboxylic acids is 5. The molecule has 434 valence electrons. The number of para-hydroxylation sites is 1. The van der Waals surface area contributed by atoms with Gasteiger partial charge in [-0.2, -0.15) is 4.99 Å². The smallest absolute Gasteiger partial charge is 0.296 e. The maximum Gasteiger partial charge on any atom is 0.296 e. The summed E-state index contributed by atoms with van der Waals surface area (Å²) in [6, 6.07) is 35.3. The Morgan fingerprint density at radius 1 is 0.381 bits per heavy atom. The van der Waals surface area contributed by atoms with E-state index in [1.54, 1.807) is 84.9 Å². The standard InChI is InChI=1S/4C11H11ClN4O.C10H9ClN4O/c1-14-11(13)16-10(17)9-5-6-4-7(12)2-3-8(6)15-9;1-14-11(13)16-10(17)9-4-6-2-3-7(12)5-8(6)15-9;1-14-11(13)16-10(17)9-5-6-7(12)3-2-4-8(6)15-9;1-14-11(13)16-10(17)8-5-6-3-2-4-7(12)9(6)15-8;11-6-1-2-7-5(3-6)4-8(14-7)9(16)15-10(12)13/h4*2-5,15H,1H3,(H3,13,14,16,17);1-4,14H,(H4,12,13,15,16). The number of H-pyrrole nitrogens is 5. The molecule has 0 saturated carbocycles. The number of amides is 5. The van der Waals surface area contributed by atoms with Crippen molar-refractivity contribution in [3.05, 3.63) is 175 Å². The van der Waals surface area contributed by atoms with Gasteiger partial charge in [0.25, 0.3) is 29.5 Å². The second-order valence-electron chi connectivity index (χ2n) is 17.1. The van der Waals surface area contributed by atoms with Crippen molar-refractivity contribution in [1.29, 1.82) is 0 Å². The number of aromatic amines is 5. The fourth-order valence-electron chi connectivity index (χ4n) is 7.28. The van der Waals surface area contributed by atoms with Gasteiger partial charge in [0.2, 0.25) is 0 Å².